The molecule has 0 amide bonds. The van der Waals surface area contributed by atoms with Crippen molar-refractivity contribution in [3.05, 3.63) is 170 Å². The summed E-state index contributed by atoms with van der Waals surface area (Å²) in [6.07, 6.45) is 0. The first kappa shape index (κ1) is 27.7. The van der Waals surface area contributed by atoms with E-state index < -0.39 is 0 Å². The van der Waals surface area contributed by atoms with Gasteiger partial charge < -0.3 is 4.42 Å². The summed E-state index contributed by atoms with van der Waals surface area (Å²) in [4.78, 5) is 0. The van der Waals surface area contributed by atoms with Crippen molar-refractivity contribution in [3.63, 3.8) is 0 Å². The van der Waals surface area contributed by atoms with Crippen LogP contribution in [-0.2, 0) is 0 Å². The molecule has 0 aliphatic rings. The summed E-state index contributed by atoms with van der Waals surface area (Å²) in [5.74, 6) is 0. The van der Waals surface area contributed by atoms with Crippen LogP contribution in [0, 0.1) is 0 Å². The van der Waals surface area contributed by atoms with Crippen LogP contribution < -0.4 is 0 Å². The fourth-order valence-corrected chi connectivity index (χ4v) is 9.25. The van der Waals surface area contributed by atoms with E-state index in [0.717, 1.165) is 16.6 Å². The van der Waals surface area contributed by atoms with Crippen LogP contribution in [0.4, 0.5) is 0 Å². The van der Waals surface area contributed by atoms with Crippen molar-refractivity contribution in [2.24, 2.45) is 0 Å². The van der Waals surface area contributed by atoms with E-state index in [1.807, 2.05) is 11.3 Å². The van der Waals surface area contributed by atoms with Gasteiger partial charge in [0.15, 0.2) is 0 Å². The van der Waals surface area contributed by atoms with E-state index in [4.69, 9.17) is 4.42 Å². The van der Waals surface area contributed by atoms with Gasteiger partial charge in [0.25, 0.3) is 0 Å². The largest absolute Gasteiger partial charge is 0.455 e. The van der Waals surface area contributed by atoms with Gasteiger partial charge in [-0.25, -0.2) is 0 Å². The molecular weight excluding hydrogens is 625 g/mol. The Morgan fingerprint density at radius 3 is 1.60 bits per heavy atom. The molecule has 2 aromatic heterocycles. The third kappa shape index (κ3) is 4.06. The molecule has 0 saturated carbocycles. The molecule has 0 bridgehead atoms. The number of furan rings is 1. The van der Waals surface area contributed by atoms with Gasteiger partial charge in [0.2, 0.25) is 0 Å². The highest BCUT2D eigenvalue weighted by atomic mass is 32.1. The predicted octanol–water partition coefficient (Wildman–Crippen LogP) is 14.4. The lowest BCUT2D eigenvalue weighted by molar-refractivity contribution is 0.673. The molecule has 2 heteroatoms. The Kier molecular flexibility index (Phi) is 5.89. The number of thiophene rings is 1. The molecule has 0 radical (unpaired) electrons. The number of fused-ring (bicyclic) bond motifs is 10. The summed E-state index contributed by atoms with van der Waals surface area (Å²) in [6, 6.07) is 62.0. The first-order chi connectivity index (χ1) is 24.8. The molecule has 2 heterocycles. The first-order valence-electron chi connectivity index (χ1n) is 17.1. The van der Waals surface area contributed by atoms with Gasteiger partial charge in [-0.15, -0.1) is 11.3 Å². The van der Waals surface area contributed by atoms with E-state index in [1.165, 1.54) is 91.3 Å². The van der Waals surface area contributed by atoms with Crippen LogP contribution >= 0.6 is 11.3 Å². The zero-order valence-electron chi connectivity index (χ0n) is 27.0. The molecule has 0 saturated heterocycles. The molecular formula is C48H28OS. The SMILES string of the molecule is c1ccc(-c2ccc(-c3c4ccccc4c(-c4ccc5sc6cc7c(cc6c5c4)oc4c5ccccc5ccc74)c4ccccc34)cc2)cc1. The average Bonchev–Trinajstić information content (AvgIpc) is 3.73. The van der Waals surface area contributed by atoms with Crippen LogP contribution in [0.5, 0.6) is 0 Å². The second-order valence-electron chi connectivity index (χ2n) is 13.2. The normalized spacial score (nSPS) is 12.0. The third-order valence-corrected chi connectivity index (χ3v) is 11.6. The van der Waals surface area contributed by atoms with Crippen molar-refractivity contribution in [3.8, 4) is 33.4 Å². The standard InChI is InChI=1S/C48H28OS/c1-2-10-29(11-3-1)30-18-20-32(21-19-30)46-35-14-6-8-16-37(35)47(38-17-9-7-15-36(38)46)33-23-25-44-41(26-33)42-27-43-40(28-45(42)50-44)39-24-22-31-12-4-5-13-34(31)48(39)49-43/h1-28H. The number of benzene rings is 9. The number of hydrogen-bond donors (Lipinski definition) is 0. The van der Waals surface area contributed by atoms with E-state index in [-0.39, 0.29) is 0 Å². The summed E-state index contributed by atoms with van der Waals surface area (Å²) in [5, 5.41) is 12.3. The second kappa shape index (κ2) is 10.6. The second-order valence-corrected chi connectivity index (χ2v) is 14.3. The molecule has 1 nitrogen and oxygen atoms in total. The quantitative estimate of drug-likeness (QED) is 0.173. The highest BCUT2D eigenvalue weighted by molar-refractivity contribution is 7.25. The lowest BCUT2D eigenvalue weighted by atomic mass is 9.85. The Morgan fingerprint density at radius 2 is 0.880 bits per heavy atom. The molecule has 11 rings (SSSR count). The van der Waals surface area contributed by atoms with E-state index in [1.54, 1.807) is 0 Å². The highest BCUT2D eigenvalue weighted by Gasteiger charge is 2.19. The third-order valence-electron chi connectivity index (χ3n) is 10.5. The lowest BCUT2D eigenvalue weighted by Crippen LogP contribution is -1.91. The lowest BCUT2D eigenvalue weighted by Gasteiger charge is -2.18. The van der Waals surface area contributed by atoms with Crippen LogP contribution in [0.1, 0.15) is 0 Å². The molecule has 232 valence electrons. The van der Waals surface area contributed by atoms with Crippen molar-refractivity contribution in [1.29, 1.82) is 0 Å². The minimum absolute atomic E-state index is 0.937. The summed E-state index contributed by atoms with van der Waals surface area (Å²) >= 11 is 1.86. The van der Waals surface area contributed by atoms with E-state index >= 15 is 0 Å². The van der Waals surface area contributed by atoms with Crippen molar-refractivity contribution in [2.45, 2.75) is 0 Å². The molecule has 50 heavy (non-hydrogen) atoms. The van der Waals surface area contributed by atoms with Gasteiger partial charge >= 0.3 is 0 Å². The van der Waals surface area contributed by atoms with E-state index in [0.29, 0.717) is 0 Å². The number of rotatable bonds is 3. The number of hydrogen-bond acceptors (Lipinski definition) is 2. The maximum absolute atomic E-state index is 6.61. The molecule has 0 aliphatic carbocycles. The van der Waals surface area contributed by atoms with Gasteiger partial charge in [0.1, 0.15) is 11.2 Å². The average molecular weight is 653 g/mol. The highest BCUT2D eigenvalue weighted by Crippen LogP contribution is 2.46. The van der Waals surface area contributed by atoms with Crippen LogP contribution in [0.25, 0.3) is 108 Å². The molecule has 0 aliphatic heterocycles. The summed E-state index contributed by atoms with van der Waals surface area (Å²) in [7, 11) is 0. The van der Waals surface area contributed by atoms with Crippen LogP contribution in [0.2, 0.25) is 0 Å². The van der Waals surface area contributed by atoms with Gasteiger partial charge in [-0.1, -0.05) is 140 Å². The minimum atomic E-state index is 0.937. The molecule has 9 aromatic carbocycles. The van der Waals surface area contributed by atoms with Crippen LogP contribution in [0.15, 0.2) is 174 Å². The zero-order chi connectivity index (χ0) is 32.8. The molecule has 0 spiro atoms. The smallest absolute Gasteiger partial charge is 0.143 e. The van der Waals surface area contributed by atoms with Crippen molar-refractivity contribution >= 4 is 85.8 Å². The Bertz CT molecular complexity index is 3070. The fourth-order valence-electron chi connectivity index (χ4n) is 8.14. The Hall–Kier alpha value is -6.22. The van der Waals surface area contributed by atoms with E-state index in [9.17, 15) is 0 Å². The Balaban J connectivity index is 1.13. The molecule has 0 unspecified atom stereocenters. The van der Waals surface area contributed by atoms with Crippen LogP contribution in [-0.4, -0.2) is 0 Å². The molecule has 11 aromatic rings. The maximum atomic E-state index is 6.61. The van der Waals surface area contributed by atoms with Gasteiger partial charge in [-0.05, 0) is 90.6 Å². The molecule has 0 fully saturated rings. The summed E-state index contributed by atoms with van der Waals surface area (Å²) < 4.78 is 9.18. The summed E-state index contributed by atoms with van der Waals surface area (Å²) in [5.41, 5.74) is 9.37. The van der Waals surface area contributed by atoms with Gasteiger partial charge in [0.05, 0.1) is 0 Å². The van der Waals surface area contributed by atoms with Gasteiger partial charge in [-0.2, -0.15) is 0 Å². The molecule has 0 N–H and O–H groups in total. The fraction of sp³-hybridized carbons (Fsp3) is 0. The topological polar surface area (TPSA) is 13.1 Å². The predicted molar refractivity (Wildman–Crippen MR) is 215 cm³/mol. The Morgan fingerprint density at radius 1 is 0.320 bits per heavy atom. The molecule has 0 atom stereocenters. The monoisotopic (exact) mass is 652 g/mol. The van der Waals surface area contributed by atoms with Crippen molar-refractivity contribution in [1.82, 2.24) is 0 Å². The van der Waals surface area contributed by atoms with Crippen molar-refractivity contribution in [2.75, 3.05) is 0 Å². The summed E-state index contributed by atoms with van der Waals surface area (Å²) in [6.45, 7) is 0. The first-order valence-corrected chi connectivity index (χ1v) is 17.9. The maximum Gasteiger partial charge on any atom is 0.143 e. The Labute approximate surface area is 292 Å². The van der Waals surface area contributed by atoms with Gasteiger partial charge in [0, 0.05) is 36.3 Å². The van der Waals surface area contributed by atoms with Crippen LogP contribution in [0.3, 0.4) is 0 Å². The van der Waals surface area contributed by atoms with Crippen molar-refractivity contribution < 1.29 is 4.42 Å². The zero-order valence-corrected chi connectivity index (χ0v) is 27.8. The van der Waals surface area contributed by atoms with E-state index in [2.05, 4.69) is 170 Å². The minimum Gasteiger partial charge on any atom is -0.455 e. The van der Waals surface area contributed by atoms with Gasteiger partial charge in [-0.3, -0.25) is 0 Å².